The van der Waals surface area contributed by atoms with Crippen LogP contribution in [0.2, 0.25) is 5.02 Å². The van der Waals surface area contributed by atoms with Gasteiger partial charge < -0.3 is 19.0 Å². The van der Waals surface area contributed by atoms with Gasteiger partial charge in [0.2, 0.25) is 0 Å². The fourth-order valence-corrected chi connectivity index (χ4v) is 5.47. The van der Waals surface area contributed by atoms with E-state index in [1.54, 1.807) is 55.9 Å². The van der Waals surface area contributed by atoms with Crippen molar-refractivity contribution >= 4 is 41.0 Å². The number of aliphatic carboxylic acids is 1. The summed E-state index contributed by atoms with van der Waals surface area (Å²) in [6, 6.07) is 17.5. The number of carbonyl (C=O) groups excluding carboxylic acids is 1. The highest BCUT2D eigenvalue weighted by molar-refractivity contribution is 7.07. The Kier molecular flexibility index (Phi) is 9.26. The zero-order chi connectivity index (χ0) is 29.7. The summed E-state index contributed by atoms with van der Waals surface area (Å²) in [7, 11) is 1.58. The second-order valence-electron chi connectivity index (χ2n) is 8.81. The molecule has 1 unspecified atom stereocenters. The number of thiazole rings is 1. The van der Waals surface area contributed by atoms with Gasteiger partial charge in [-0.1, -0.05) is 47.2 Å². The normalized spacial score (nSPS) is 14.5. The van der Waals surface area contributed by atoms with Gasteiger partial charge in [0.15, 0.2) is 4.80 Å². The van der Waals surface area contributed by atoms with Crippen LogP contribution in [0.25, 0.3) is 17.4 Å². The number of carbonyl (C=O) groups is 2. The highest BCUT2D eigenvalue weighted by Gasteiger charge is 2.33. The van der Waals surface area contributed by atoms with Gasteiger partial charge in [0.05, 0.1) is 35.6 Å². The first-order valence-electron chi connectivity index (χ1n) is 12.5. The summed E-state index contributed by atoms with van der Waals surface area (Å²) in [5.41, 5.74) is 2.13. The number of rotatable bonds is 6. The van der Waals surface area contributed by atoms with Crippen LogP contribution in [0.4, 0.5) is 0 Å². The lowest BCUT2D eigenvalue weighted by atomic mass is 9.96. The van der Waals surface area contributed by atoms with Gasteiger partial charge in [0.1, 0.15) is 17.3 Å². The molecule has 41 heavy (non-hydrogen) atoms. The molecule has 0 spiro atoms. The van der Waals surface area contributed by atoms with E-state index < -0.39 is 18.0 Å². The molecule has 0 bridgehead atoms. The molecule has 212 valence electrons. The molecule has 0 aliphatic carbocycles. The smallest absolute Gasteiger partial charge is 0.338 e. The topological polar surface area (TPSA) is 120 Å². The van der Waals surface area contributed by atoms with Crippen molar-refractivity contribution < 1.29 is 28.6 Å². The van der Waals surface area contributed by atoms with Crippen LogP contribution in [-0.2, 0) is 14.3 Å². The van der Waals surface area contributed by atoms with Crippen molar-refractivity contribution in [1.82, 2.24) is 4.57 Å². The molecule has 0 saturated carbocycles. The van der Waals surface area contributed by atoms with E-state index in [0.717, 1.165) is 18.1 Å². The zero-order valence-corrected chi connectivity index (χ0v) is 24.3. The fourth-order valence-electron chi connectivity index (χ4n) is 4.25. The molecule has 2 aromatic carbocycles. The summed E-state index contributed by atoms with van der Waals surface area (Å²) in [6.45, 7) is 4.79. The lowest BCUT2D eigenvalue weighted by molar-refractivity contribution is -0.139. The number of hydrogen-bond donors (Lipinski definition) is 1. The number of carboxylic acids is 1. The second-order valence-corrected chi connectivity index (χ2v) is 10.3. The van der Waals surface area contributed by atoms with Crippen LogP contribution in [-0.4, -0.2) is 35.3 Å². The lowest BCUT2D eigenvalue weighted by Gasteiger charge is -2.24. The number of aromatic nitrogens is 1. The molecule has 2 aromatic heterocycles. The van der Waals surface area contributed by atoms with Gasteiger partial charge in [-0.2, -0.15) is 0 Å². The first-order valence-corrected chi connectivity index (χ1v) is 13.7. The molecule has 0 saturated heterocycles. The standard InChI is InChI=1S/C28H23ClN2O5S.C2H4O2/c1-4-35-27(33)24-16(2)30-28-31(25(24)17-8-10-20(34-3)11-9-17)26(32)23(37-28)15-21-12-13-22(36-21)18-6-5-7-19(29)14-18;1-2(3)4/h5-15,25H,4H2,1-3H3;1H3,(H,3,4). The van der Waals surface area contributed by atoms with E-state index in [1.807, 2.05) is 36.4 Å². The summed E-state index contributed by atoms with van der Waals surface area (Å²) < 4.78 is 18.6. The number of allylic oxidation sites excluding steroid dienone is 1. The number of fused-ring (bicyclic) bond motifs is 1. The number of hydrogen-bond acceptors (Lipinski definition) is 8. The molecule has 1 atom stereocenters. The molecule has 5 rings (SSSR count). The van der Waals surface area contributed by atoms with Crippen molar-refractivity contribution in [2.75, 3.05) is 13.7 Å². The van der Waals surface area contributed by atoms with E-state index in [4.69, 9.17) is 35.4 Å². The second kappa shape index (κ2) is 12.8. The maximum Gasteiger partial charge on any atom is 0.338 e. The molecule has 4 aromatic rings. The first kappa shape index (κ1) is 29.6. The Morgan fingerprint density at radius 2 is 1.88 bits per heavy atom. The van der Waals surface area contributed by atoms with Gasteiger partial charge in [-0.15, -0.1) is 0 Å². The van der Waals surface area contributed by atoms with Crippen LogP contribution in [0.1, 0.15) is 38.1 Å². The van der Waals surface area contributed by atoms with E-state index in [9.17, 15) is 9.59 Å². The van der Waals surface area contributed by atoms with Crippen molar-refractivity contribution in [1.29, 1.82) is 0 Å². The molecule has 0 amide bonds. The fraction of sp³-hybridized carbons (Fsp3) is 0.200. The molecular formula is C30H27ClN2O7S. The summed E-state index contributed by atoms with van der Waals surface area (Å²) >= 11 is 7.35. The van der Waals surface area contributed by atoms with Crippen molar-refractivity contribution in [2.45, 2.75) is 26.8 Å². The number of esters is 1. The SMILES string of the molecule is CC(=O)O.CCOC(=O)C1=C(C)N=c2sc(=Cc3ccc(-c4cccc(Cl)c4)o3)c(=O)n2C1c1ccc(OC)cc1. The highest BCUT2D eigenvalue weighted by Crippen LogP contribution is 2.31. The minimum Gasteiger partial charge on any atom is -0.497 e. The number of ether oxygens (including phenoxy) is 2. The average molecular weight is 595 g/mol. The highest BCUT2D eigenvalue weighted by atomic mass is 35.5. The Morgan fingerprint density at radius 3 is 2.51 bits per heavy atom. The minimum absolute atomic E-state index is 0.211. The molecule has 11 heteroatoms. The summed E-state index contributed by atoms with van der Waals surface area (Å²) in [5, 5.41) is 8.02. The molecule has 0 fully saturated rings. The van der Waals surface area contributed by atoms with Crippen LogP contribution in [0.3, 0.4) is 0 Å². The lowest BCUT2D eigenvalue weighted by Crippen LogP contribution is -2.39. The van der Waals surface area contributed by atoms with Crippen molar-refractivity contribution in [3.05, 3.63) is 108 Å². The average Bonchev–Trinajstić information content (AvgIpc) is 3.52. The molecule has 1 N–H and O–H groups in total. The van der Waals surface area contributed by atoms with Gasteiger partial charge in [-0.25, -0.2) is 9.79 Å². The first-order chi connectivity index (χ1) is 19.6. The third-order valence-electron chi connectivity index (χ3n) is 5.96. The van der Waals surface area contributed by atoms with Crippen molar-refractivity contribution in [3.63, 3.8) is 0 Å². The summed E-state index contributed by atoms with van der Waals surface area (Å²) in [5.74, 6) is 0.486. The van der Waals surface area contributed by atoms with Crippen LogP contribution in [0.15, 0.2) is 86.1 Å². The zero-order valence-electron chi connectivity index (χ0n) is 22.7. The summed E-state index contributed by atoms with van der Waals surface area (Å²) in [4.78, 5) is 40.8. The maximum atomic E-state index is 13.7. The quantitative estimate of drug-likeness (QED) is 0.318. The monoisotopic (exact) mass is 594 g/mol. The predicted octanol–water partition coefficient (Wildman–Crippen LogP) is 4.81. The van der Waals surface area contributed by atoms with Gasteiger partial charge in [-0.05, 0) is 55.8 Å². The van der Waals surface area contributed by atoms with Gasteiger partial charge in [-0.3, -0.25) is 14.2 Å². The van der Waals surface area contributed by atoms with E-state index in [1.165, 1.54) is 11.3 Å². The summed E-state index contributed by atoms with van der Waals surface area (Å²) in [6.07, 6.45) is 1.69. The van der Waals surface area contributed by atoms with E-state index in [2.05, 4.69) is 4.99 Å². The Labute approximate surface area is 244 Å². The van der Waals surface area contributed by atoms with Crippen LogP contribution < -0.4 is 19.6 Å². The predicted molar refractivity (Wildman–Crippen MR) is 156 cm³/mol. The minimum atomic E-state index is -0.833. The van der Waals surface area contributed by atoms with E-state index in [0.29, 0.717) is 42.9 Å². The van der Waals surface area contributed by atoms with Gasteiger partial charge in [0, 0.05) is 23.6 Å². The van der Waals surface area contributed by atoms with E-state index in [-0.39, 0.29) is 12.2 Å². The Hall–Kier alpha value is -4.41. The van der Waals surface area contributed by atoms with Gasteiger partial charge >= 0.3 is 5.97 Å². The number of methoxy groups -OCH3 is 1. The molecule has 3 heterocycles. The third kappa shape index (κ3) is 6.67. The van der Waals surface area contributed by atoms with E-state index >= 15 is 0 Å². The number of nitrogens with zero attached hydrogens (tertiary/aromatic N) is 2. The molecule has 1 aliphatic heterocycles. The largest absolute Gasteiger partial charge is 0.497 e. The Balaban J connectivity index is 0.000000909. The number of carboxylic acid groups (broad SMARTS) is 1. The molecule has 0 radical (unpaired) electrons. The maximum absolute atomic E-state index is 13.7. The molecular weight excluding hydrogens is 568 g/mol. The van der Waals surface area contributed by atoms with Gasteiger partial charge in [0.25, 0.3) is 11.5 Å². The molecule has 9 nitrogen and oxygen atoms in total. The van der Waals surface area contributed by atoms with Crippen molar-refractivity contribution in [2.24, 2.45) is 4.99 Å². The third-order valence-corrected chi connectivity index (χ3v) is 7.18. The van der Waals surface area contributed by atoms with Crippen LogP contribution in [0, 0.1) is 0 Å². The van der Waals surface area contributed by atoms with Crippen LogP contribution >= 0.6 is 22.9 Å². The number of furan rings is 1. The Morgan fingerprint density at radius 1 is 1.17 bits per heavy atom. The van der Waals surface area contributed by atoms with Crippen LogP contribution in [0.5, 0.6) is 5.75 Å². The Bertz CT molecular complexity index is 1790. The van der Waals surface area contributed by atoms with Crippen molar-refractivity contribution in [3.8, 4) is 17.1 Å². The molecule has 1 aliphatic rings. The number of benzene rings is 2. The number of halogens is 1.